The van der Waals surface area contributed by atoms with E-state index in [9.17, 15) is 29.4 Å². The van der Waals surface area contributed by atoms with E-state index in [1.165, 1.54) is 0 Å². The number of ketones is 2. The van der Waals surface area contributed by atoms with E-state index in [4.69, 9.17) is 18.9 Å². The molecule has 0 aromatic rings. The van der Waals surface area contributed by atoms with Crippen LogP contribution in [0.15, 0.2) is 11.1 Å². The summed E-state index contributed by atoms with van der Waals surface area (Å²) >= 11 is 0. The molecule has 7 aliphatic rings. The maximum Gasteiger partial charge on any atom is 0.311 e. The molecule has 2 aliphatic carbocycles. The molecule has 12 atom stereocenters. The molecule has 5 heterocycles. The zero-order valence-corrected chi connectivity index (χ0v) is 22.9. The Hall–Kier alpha value is -2.14. The number of carbonyl (C=O) groups excluding carboxylic acids is 3. The van der Waals surface area contributed by atoms with Crippen LogP contribution < -0.4 is 0 Å². The van der Waals surface area contributed by atoms with Crippen LogP contribution in [-0.4, -0.2) is 75.1 Å². The van der Waals surface area contributed by atoms with E-state index in [0.717, 1.165) is 11.1 Å². The Balaban J connectivity index is 1.40. The van der Waals surface area contributed by atoms with Gasteiger partial charge in [0.2, 0.25) is 11.6 Å². The van der Waals surface area contributed by atoms with Crippen molar-refractivity contribution in [2.24, 2.45) is 35.0 Å². The molecule has 7 rings (SSSR count). The number of fused-ring (bicyclic) bond motifs is 2. The van der Waals surface area contributed by atoms with Crippen LogP contribution in [0.3, 0.4) is 0 Å². The number of aliphatic hydroxyl groups excluding tert-OH is 1. The Kier molecular flexibility index (Phi) is 5.01. The standard InChI is InChI=1S/C29H36O10/c1-11-18-21-20(12(2)25(35)36-21)38-29-22(18)27(5,23(11)33)6-7-28(39-29)10-13-14(8-15(30)19(28)24(29)34)26(3,4)37-16(13)9-17(31)32/h11-12,15-16,18-22,30H,6-10H2,1-5H3,(H,31,32)/t11-,12-,15-,16+,18+,19-,20+,21+,22-,27-,28-,29-/m0/s1. The third-order valence-corrected chi connectivity index (χ3v) is 11.4. The molecule has 2 N–H and O–H groups in total. The van der Waals surface area contributed by atoms with Gasteiger partial charge in [-0.25, -0.2) is 0 Å². The molecular formula is C29H36O10. The maximum absolute atomic E-state index is 14.7. The normalized spacial score (nSPS) is 53.0. The van der Waals surface area contributed by atoms with Crippen LogP contribution in [0, 0.1) is 35.0 Å². The van der Waals surface area contributed by atoms with Gasteiger partial charge in [-0.15, -0.1) is 0 Å². The first-order chi connectivity index (χ1) is 18.2. The van der Waals surface area contributed by atoms with Crippen LogP contribution in [-0.2, 0) is 38.1 Å². The molecule has 10 heteroatoms. The average Bonchev–Trinajstić information content (AvgIpc) is 3.34. The van der Waals surface area contributed by atoms with Crippen molar-refractivity contribution < 1.29 is 48.3 Å². The highest BCUT2D eigenvalue weighted by atomic mass is 16.7. The van der Waals surface area contributed by atoms with Gasteiger partial charge in [-0.3, -0.25) is 19.2 Å². The van der Waals surface area contributed by atoms with E-state index >= 15 is 0 Å². The van der Waals surface area contributed by atoms with E-state index in [1.807, 2.05) is 27.7 Å². The number of hydrogen-bond donors (Lipinski definition) is 2. The first-order valence-corrected chi connectivity index (χ1v) is 14.1. The van der Waals surface area contributed by atoms with E-state index in [2.05, 4.69) is 0 Å². The number of Topliss-reactive ketones (excluding diaryl/α,β-unsaturated/α-hetero) is 2. The Bertz CT molecular complexity index is 1250. The van der Waals surface area contributed by atoms with Crippen molar-refractivity contribution >= 4 is 23.5 Å². The van der Waals surface area contributed by atoms with Crippen LogP contribution in [0.5, 0.6) is 0 Å². The van der Waals surface area contributed by atoms with Gasteiger partial charge in [0.25, 0.3) is 0 Å². The minimum absolute atomic E-state index is 0.0109. The van der Waals surface area contributed by atoms with Crippen LogP contribution in [0.2, 0.25) is 0 Å². The molecule has 0 unspecified atom stereocenters. The van der Waals surface area contributed by atoms with Crippen molar-refractivity contribution in [3.63, 3.8) is 0 Å². The van der Waals surface area contributed by atoms with E-state index in [-0.39, 0.29) is 30.8 Å². The Labute approximate surface area is 226 Å². The second kappa shape index (κ2) is 7.57. The lowest BCUT2D eigenvalue weighted by atomic mass is 9.61. The van der Waals surface area contributed by atoms with Crippen molar-refractivity contribution in [3.05, 3.63) is 11.1 Å². The number of esters is 1. The lowest BCUT2D eigenvalue weighted by molar-refractivity contribution is -0.328. The van der Waals surface area contributed by atoms with Crippen LogP contribution in [0.25, 0.3) is 0 Å². The number of aliphatic carboxylic acids is 1. The molecule has 10 nitrogen and oxygen atoms in total. The van der Waals surface area contributed by atoms with Crippen molar-refractivity contribution in [2.75, 3.05) is 0 Å². The minimum Gasteiger partial charge on any atom is -0.481 e. The second-order valence-corrected chi connectivity index (χ2v) is 13.7. The van der Waals surface area contributed by atoms with Crippen LogP contribution >= 0.6 is 0 Å². The number of carbonyl (C=O) groups is 4. The topological polar surface area (TPSA) is 146 Å². The molecule has 2 bridgehead atoms. The molecule has 0 radical (unpaired) electrons. The molecular weight excluding hydrogens is 508 g/mol. The third-order valence-electron chi connectivity index (χ3n) is 11.4. The first kappa shape index (κ1) is 25.8. The van der Waals surface area contributed by atoms with Crippen LogP contribution in [0.1, 0.15) is 66.7 Å². The van der Waals surface area contributed by atoms with Gasteiger partial charge in [0, 0.05) is 29.6 Å². The summed E-state index contributed by atoms with van der Waals surface area (Å²) in [5, 5.41) is 21.3. The number of carboxylic acids is 1. The summed E-state index contributed by atoms with van der Waals surface area (Å²) in [6.45, 7) is 9.12. The van der Waals surface area contributed by atoms with Gasteiger partial charge in [0.05, 0.1) is 41.7 Å². The Morgan fingerprint density at radius 2 is 1.72 bits per heavy atom. The highest BCUT2D eigenvalue weighted by molar-refractivity contribution is 5.97. The van der Waals surface area contributed by atoms with E-state index < -0.39 is 88.3 Å². The van der Waals surface area contributed by atoms with Gasteiger partial charge >= 0.3 is 11.9 Å². The first-order valence-electron chi connectivity index (χ1n) is 14.1. The summed E-state index contributed by atoms with van der Waals surface area (Å²) in [6.07, 6.45) is -2.36. The lowest BCUT2D eigenvalue weighted by Crippen LogP contribution is -2.63. The quantitative estimate of drug-likeness (QED) is 0.391. The minimum atomic E-state index is -1.80. The van der Waals surface area contributed by atoms with Gasteiger partial charge in [0.15, 0.2) is 0 Å². The molecule has 0 aromatic heterocycles. The summed E-state index contributed by atoms with van der Waals surface area (Å²) in [4.78, 5) is 53.0. The molecule has 39 heavy (non-hydrogen) atoms. The fraction of sp³-hybridized carbons (Fsp3) is 0.793. The number of hydrogen-bond acceptors (Lipinski definition) is 9. The number of ether oxygens (including phenoxy) is 4. The fourth-order valence-corrected chi connectivity index (χ4v) is 9.71. The van der Waals surface area contributed by atoms with Gasteiger partial charge in [-0.05, 0) is 51.2 Å². The Morgan fingerprint density at radius 3 is 2.41 bits per heavy atom. The monoisotopic (exact) mass is 544 g/mol. The fourth-order valence-electron chi connectivity index (χ4n) is 9.71. The second-order valence-electron chi connectivity index (χ2n) is 13.7. The van der Waals surface area contributed by atoms with Crippen molar-refractivity contribution in [1.82, 2.24) is 0 Å². The lowest BCUT2D eigenvalue weighted by Gasteiger charge is -2.50. The van der Waals surface area contributed by atoms with Crippen molar-refractivity contribution in [3.8, 4) is 0 Å². The molecule has 0 aromatic carbocycles. The highest BCUT2D eigenvalue weighted by Crippen LogP contribution is 2.69. The third kappa shape index (κ3) is 2.96. The van der Waals surface area contributed by atoms with Crippen molar-refractivity contribution in [1.29, 1.82) is 0 Å². The maximum atomic E-state index is 14.7. The number of rotatable bonds is 2. The average molecular weight is 545 g/mol. The van der Waals surface area contributed by atoms with Crippen molar-refractivity contribution in [2.45, 2.75) is 108 Å². The summed E-state index contributed by atoms with van der Waals surface area (Å²) < 4.78 is 25.5. The van der Waals surface area contributed by atoms with Gasteiger partial charge in [-0.1, -0.05) is 13.8 Å². The summed E-state index contributed by atoms with van der Waals surface area (Å²) in [5.74, 6) is -6.73. The molecule has 212 valence electrons. The molecule has 4 saturated heterocycles. The number of aliphatic hydroxyl groups is 1. The number of carboxylic acid groups (broad SMARTS) is 1. The van der Waals surface area contributed by atoms with Gasteiger partial charge in [-0.2, -0.15) is 0 Å². The van der Waals surface area contributed by atoms with Gasteiger partial charge < -0.3 is 29.2 Å². The molecule has 2 spiro atoms. The van der Waals surface area contributed by atoms with E-state index in [1.54, 1.807) is 6.92 Å². The SMILES string of the molecule is C[C@@H]1C(=O)O[C@H]2[C@@H]1O[C@]13O[C@@]4(CC[C@]5(C)C(=O)[C@@H](C)[C@H]2[C@H]15)CC1=C(C[C@H](O)[C@H]4C3=O)C(C)(C)O[C@@H]1CC(=O)O. The summed E-state index contributed by atoms with van der Waals surface area (Å²) in [6, 6.07) is 0. The zero-order chi connectivity index (χ0) is 28.0. The van der Waals surface area contributed by atoms with E-state index in [0.29, 0.717) is 12.8 Å². The molecule has 5 aliphatic heterocycles. The predicted molar refractivity (Wildman–Crippen MR) is 131 cm³/mol. The molecule has 0 amide bonds. The smallest absolute Gasteiger partial charge is 0.311 e. The molecule has 5 fully saturated rings. The summed E-state index contributed by atoms with van der Waals surface area (Å²) in [7, 11) is 0. The Morgan fingerprint density at radius 1 is 1.00 bits per heavy atom. The van der Waals surface area contributed by atoms with Crippen LogP contribution in [0.4, 0.5) is 0 Å². The highest BCUT2D eigenvalue weighted by Gasteiger charge is 2.81. The summed E-state index contributed by atoms with van der Waals surface area (Å²) in [5.41, 5.74) is -1.39. The zero-order valence-electron chi connectivity index (χ0n) is 22.9. The largest absolute Gasteiger partial charge is 0.481 e. The molecule has 1 saturated carbocycles. The predicted octanol–water partition coefficient (Wildman–Crippen LogP) is 1.95. The van der Waals surface area contributed by atoms with Gasteiger partial charge in [0.1, 0.15) is 18.0 Å².